The van der Waals surface area contributed by atoms with Crippen LogP contribution < -0.4 is 5.32 Å². The number of benzene rings is 1. The molecule has 1 amide bonds. The van der Waals surface area contributed by atoms with E-state index in [0.29, 0.717) is 16.7 Å². The molecule has 1 aromatic carbocycles. The maximum Gasteiger partial charge on any atom is 0.408 e. The van der Waals surface area contributed by atoms with E-state index in [2.05, 4.69) is 20.6 Å². The van der Waals surface area contributed by atoms with E-state index in [9.17, 15) is 22.4 Å². The Bertz CT molecular complexity index is 929. The molecule has 1 N–H and O–H groups in total. The number of fused-ring (bicyclic) bond motifs is 1. The lowest BCUT2D eigenvalue weighted by atomic mass is 10.3. The number of nitrogens with one attached hydrogen (secondary N) is 1. The number of rotatable bonds is 4. The molecule has 0 atom stereocenters. The van der Waals surface area contributed by atoms with Gasteiger partial charge < -0.3 is 4.57 Å². The predicted octanol–water partition coefficient (Wildman–Crippen LogP) is 2.60. The molecular weight excluding hydrogens is 344 g/mol. The lowest BCUT2D eigenvalue weighted by Gasteiger charge is -2.06. The zero-order valence-electron chi connectivity index (χ0n) is 12.9. The highest BCUT2D eigenvalue weighted by Crippen LogP contribution is 2.22. The van der Waals surface area contributed by atoms with Gasteiger partial charge in [-0.2, -0.15) is 13.2 Å². The van der Waals surface area contributed by atoms with Crippen LogP contribution in [0.15, 0.2) is 24.4 Å². The van der Waals surface area contributed by atoms with Gasteiger partial charge in [-0.05, 0) is 19.1 Å². The molecule has 3 aromatic rings. The number of aryl methyl sites for hydroxylation is 1. The second-order valence-electron chi connectivity index (χ2n) is 5.16. The molecule has 0 aliphatic rings. The summed E-state index contributed by atoms with van der Waals surface area (Å²) in [5.74, 6) is -1.27. The van der Waals surface area contributed by atoms with Crippen LogP contribution in [0.1, 0.15) is 17.4 Å². The number of halogens is 4. The fourth-order valence-corrected chi connectivity index (χ4v) is 2.36. The third-order valence-electron chi connectivity index (χ3n) is 3.38. The lowest BCUT2D eigenvalue weighted by molar-refractivity contribution is -0.142. The number of anilines is 1. The Morgan fingerprint density at radius 1 is 1.32 bits per heavy atom. The highest BCUT2D eigenvalue weighted by atomic mass is 19.4. The van der Waals surface area contributed by atoms with Gasteiger partial charge in [0.15, 0.2) is 11.5 Å². The first-order valence-electron chi connectivity index (χ1n) is 7.21. The van der Waals surface area contributed by atoms with Crippen molar-refractivity contribution >= 4 is 22.9 Å². The highest BCUT2D eigenvalue weighted by Gasteiger charge is 2.29. The van der Waals surface area contributed by atoms with Gasteiger partial charge in [0.1, 0.15) is 12.1 Å². The number of imidazole rings is 1. The average molecular weight is 356 g/mol. The van der Waals surface area contributed by atoms with Crippen LogP contribution in [0, 0.1) is 5.82 Å². The summed E-state index contributed by atoms with van der Waals surface area (Å²) in [7, 11) is 0. The van der Waals surface area contributed by atoms with Crippen molar-refractivity contribution < 1.29 is 22.4 Å². The molecule has 2 aromatic heterocycles. The Morgan fingerprint density at radius 3 is 2.76 bits per heavy atom. The van der Waals surface area contributed by atoms with Gasteiger partial charge in [0, 0.05) is 6.54 Å². The summed E-state index contributed by atoms with van der Waals surface area (Å²) in [4.78, 5) is 16.2. The third-order valence-corrected chi connectivity index (χ3v) is 3.38. The number of aromatic nitrogens is 5. The molecule has 0 aliphatic carbocycles. The molecule has 3 rings (SSSR count). The topological polar surface area (TPSA) is 77.6 Å². The second-order valence-corrected chi connectivity index (χ2v) is 5.16. The Balaban J connectivity index is 1.86. The summed E-state index contributed by atoms with van der Waals surface area (Å²) in [6, 6.07) is 4.40. The summed E-state index contributed by atoms with van der Waals surface area (Å²) < 4.78 is 52.8. The van der Waals surface area contributed by atoms with Crippen LogP contribution in [0.4, 0.5) is 23.5 Å². The van der Waals surface area contributed by atoms with Gasteiger partial charge in [0.25, 0.3) is 5.91 Å². The van der Waals surface area contributed by atoms with Crippen LogP contribution in [0.25, 0.3) is 11.0 Å². The van der Waals surface area contributed by atoms with Gasteiger partial charge in [-0.1, -0.05) is 11.3 Å². The fourth-order valence-electron chi connectivity index (χ4n) is 2.36. The highest BCUT2D eigenvalue weighted by molar-refractivity contribution is 6.02. The first-order valence-corrected chi connectivity index (χ1v) is 7.21. The number of nitrogens with zero attached hydrogens (tertiary/aromatic N) is 5. The van der Waals surface area contributed by atoms with E-state index < -0.39 is 24.4 Å². The largest absolute Gasteiger partial charge is 0.408 e. The van der Waals surface area contributed by atoms with Crippen LogP contribution >= 0.6 is 0 Å². The molecule has 7 nitrogen and oxygen atoms in total. The summed E-state index contributed by atoms with van der Waals surface area (Å²) >= 11 is 0. The lowest BCUT2D eigenvalue weighted by Crippen LogP contribution is -2.18. The van der Waals surface area contributed by atoms with Gasteiger partial charge >= 0.3 is 6.18 Å². The predicted molar refractivity (Wildman–Crippen MR) is 79.4 cm³/mol. The summed E-state index contributed by atoms with van der Waals surface area (Å²) in [6.07, 6.45) is -3.60. The van der Waals surface area contributed by atoms with Gasteiger partial charge in [-0.25, -0.2) is 14.1 Å². The van der Waals surface area contributed by atoms with Crippen LogP contribution in [0.2, 0.25) is 0 Å². The zero-order chi connectivity index (χ0) is 18.2. The minimum Gasteiger partial charge on any atom is -0.310 e. The Morgan fingerprint density at radius 2 is 2.08 bits per heavy atom. The van der Waals surface area contributed by atoms with Crippen molar-refractivity contribution in [2.45, 2.75) is 26.2 Å². The third kappa shape index (κ3) is 3.44. The fraction of sp³-hybridized carbons (Fsp3) is 0.286. The summed E-state index contributed by atoms with van der Waals surface area (Å²) in [5, 5.41) is 9.10. The molecule has 0 spiro atoms. The number of hydrogen-bond donors (Lipinski definition) is 1. The Kier molecular flexibility index (Phi) is 4.15. The number of hydrogen-bond acceptors (Lipinski definition) is 4. The van der Waals surface area contributed by atoms with Crippen molar-refractivity contribution in [3.8, 4) is 0 Å². The number of carbonyl (C=O) groups excluding carboxylic acids is 1. The van der Waals surface area contributed by atoms with Crippen LogP contribution in [0.3, 0.4) is 0 Å². The van der Waals surface area contributed by atoms with E-state index in [4.69, 9.17) is 0 Å². The Labute approximate surface area is 138 Å². The smallest absolute Gasteiger partial charge is 0.310 e. The SMILES string of the molecule is CCn1c(NC(=O)c2cn(CC(F)(F)F)nn2)nc2c(F)cccc21. The van der Waals surface area contributed by atoms with Gasteiger partial charge in [0.05, 0.1) is 11.7 Å². The number of amides is 1. The van der Waals surface area contributed by atoms with E-state index >= 15 is 0 Å². The van der Waals surface area contributed by atoms with Crippen molar-refractivity contribution in [3.63, 3.8) is 0 Å². The average Bonchev–Trinajstić information content (AvgIpc) is 3.10. The van der Waals surface area contributed by atoms with Crippen molar-refractivity contribution in [1.82, 2.24) is 24.5 Å². The van der Waals surface area contributed by atoms with Gasteiger partial charge in [0.2, 0.25) is 5.95 Å². The first-order chi connectivity index (χ1) is 11.8. The van der Waals surface area contributed by atoms with E-state index in [-0.39, 0.29) is 17.2 Å². The normalized spacial score (nSPS) is 11.9. The van der Waals surface area contributed by atoms with E-state index in [1.165, 1.54) is 12.1 Å². The molecule has 0 bridgehead atoms. The molecule has 132 valence electrons. The minimum atomic E-state index is -4.48. The monoisotopic (exact) mass is 356 g/mol. The molecular formula is C14H12F4N6O. The second kappa shape index (κ2) is 6.15. The van der Waals surface area contributed by atoms with Crippen molar-refractivity contribution in [2.24, 2.45) is 0 Å². The van der Waals surface area contributed by atoms with Crippen molar-refractivity contribution in [3.05, 3.63) is 35.9 Å². The number of carbonyl (C=O) groups is 1. The molecule has 0 aliphatic heterocycles. The molecule has 0 unspecified atom stereocenters. The zero-order valence-corrected chi connectivity index (χ0v) is 12.9. The first kappa shape index (κ1) is 16.9. The van der Waals surface area contributed by atoms with Crippen LogP contribution in [-0.2, 0) is 13.1 Å². The van der Waals surface area contributed by atoms with Gasteiger partial charge in [-0.3, -0.25) is 10.1 Å². The molecule has 2 heterocycles. The van der Waals surface area contributed by atoms with E-state index in [1.807, 2.05) is 0 Å². The van der Waals surface area contributed by atoms with E-state index in [0.717, 1.165) is 6.20 Å². The summed E-state index contributed by atoms with van der Waals surface area (Å²) in [5.41, 5.74) is 0.262. The molecule has 25 heavy (non-hydrogen) atoms. The minimum absolute atomic E-state index is 0.0676. The molecule has 0 radical (unpaired) electrons. The Hall–Kier alpha value is -2.98. The maximum atomic E-state index is 13.8. The van der Waals surface area contributed by atoms with Crippen molar-refractivity contribution in [1.29, 1.82) is 0 Å². The van der Waals surface area contributed by atoms with E-state index in [1.54, 1.807) is 17.6 Å². The molecule has 0 saturated heterocycles. The summed E-state index contributed by atoms with van der Waals surface area (Å²) in [6.45, 7) is 0.823. The van der Waals surface area contributed by atoms with Crippen LogP contribution in [-0.4, -0.2) is 36.6 Å². The number of para-hydroxylation sites is 1. The molecule has 11 heteroatoms. The standard InChI is InChI=1S/C14H12F4N6O/c1-2-24-10-5-3-4-8(15)11(10)19-13(24)20-12(25)9-6-23(22-21-9)7-14(16,17)18/h3-6H,2,7H2,1H3,(H,19,20,25). The maximum absolute atomic E-state index is 13.8. The van der Waals surface area contributed by atoms with Gasteiger partial charge in [-0.15, -0.1) is 5.10 Å². The van der Waals surface area contributed by atoms with Crippen LogP contribution in [0.5, 0.6) is 0 Å². The van der Waals surface area contributed by atoms with Crippen molar-refractivity contribution in [2.75, 3.05) is 5.32 Å². The number of alkyl halides is 3. The molecule has 0 fully saturated rings. The molecule has 0 saturated carbocycles. The quantitative estimate of drug-likeness (QED) is 0.729.